The molecule has 2 fully saturated rings. The van der Waals surface area contributed by atoms with Crippen LogP contribution in [0.5, 0.6) is 0 Å². The van der Waals surface area contributed by atoms with Gasteiger partial charge in [0.25, 0.3) is 11.8 Å². The van der Waals surface area contributed by atoms with Crippen LogP contribution in [0, 0.1) is 0 Å². The number of anilines is 1. The topological polar surface area (TPSA) is 167 Å². The molecule has 1 aromatic rings. The number of nitrogens with one attached hydrogen (secondary N) is 1. The molecule has 3 aliphatic heterocycles. The summed E-state index contributed by atoms with van der Waals surface area (Å²) in [7, 11) is 0. The molecule has 5 N–H and O–H groups in total. The molecule has 3 aliphatic rings. The highest BCUT2D eigenvalue weighted by atomic mass is 32.2. The third-order valence-electron chi connectivity index (χ3n) is 4.88. The number of nitrogens with zero attached hydrogens (tertiary/aromatic N) is 3. The van der Waals surface area contributed by atoms with Crippen LogP contribution in [0.2, 0.25) is 0 Å². The molecule has 0 aromatic carbocycles. The van der Waals surface area contributed by atoms with Crippen molar-refractivity contribution in [3.63, 3.8) is 0 Å². The van der Waals surface area contributed by atoms with Gasteiger partial charge in [-0.15, -0.1) is 23.1 Å². The molecule has 154 valence electrons. The van der Waals surface area contributed by atoms with E-state index in [-0.39, 0.29) is 28.3 Å². The number of nitrogens with two attached hydrogens (primary N) is 1. The van der Waals surface area contributed by atoms with Crippen molar-refractivity contribution >= 4 is 51.7 Å². The molecular formula is C16H17N5O6S2. The summed E-state index contributed by atoms with van der Waals surface area (Å²) in [5, 5.41) is 25.4. The van der Waals surface area contributed by atoms with Crippen molar-refractivity contribution < 1.29 is 29.4 Å². The molecular weight excluding hydrogens is 422 g/mol. The lowest BCUT2D eigenvalue weighted by molar-refractivity contribution is -0.150. The molecule has 4 rings (SSSR count). The molecule has 4 heterocycles. The Morgan fingerprint density at radius 3 is 2.83 bits per heavy atom. The minimum Gasteiger partial charge on any atom is -0.477 e. The first-order chi connectivity index (χ1) is 13.9. The van der Waals surface area contributed by atoms with Gasteiger partial charge in [0.15, 0.2) is 10.8 Å². The van der Waals surface area contributed by atoms with Crippen molar-refractivity contribution in [3.05, 3.63) is 22.3 Å². The number of carboxylic acid groups (broad SMARTS) is 1. The second-order valence-electron chi connectivity index (χ2n) is 6.56. The second kappa shape index (κ2) is 7.65. The van der Waals surface area contributed by atoms with Crippen LogP contribution in [-0.2, 0) is 19.1 Å². The highest BCUT2D eigenvalue weighted by molar-refractivity contribution is 8.00. The lowest BCUT2D eigenvalue weighted by Crippen LogP contribution is -2.71. The highest BCUT2D eigenvalue weighted by Gasteiger charge is 2.55. The third-order valence-corrected chi connectivity index (χ3v) is 6.86. The zero-order valence-corrected chi connectivity index (χ0v) is 16.5. The van der Waals surface area contributed by atoms with E-state index in [1.165, 1.54) is 22.0 Å². The number of carboxylic acids is 1. The summed E-state index contributed by atoms with van der Waals surface area (Å²) >= 11 is 2.43. The van der Waals surface area contributed by atoms with E-state index in [2.05, 4.69) is 15.5 Å². The van der Waals surface area contributed by atoms with Crippen molar-refractivity contribution in [3.8, 4) is 0 Å². The largest absolute Gasteiger partial charge is 0.477 e. The zero-order chi connectivity index (χ0) is 20.7. The standard InChI is InChI=1S/C16H17N5O6S2/c17-16-18-7(5-29-16)9(20-26)12(22)19-10-13(23)21-11(15(24)25)6(4-28-14(10)21)8-2-1-3-27-8/h5,8,10,14,26H,1-4H2,(H2,17,18)(H,19,22)(H,24,25)/b20-9-/t8?,10-,14-/m1/s1. The molecule has 3 atom stereocenters. The lowest BCUT2D eigenvalue weighted by atomic mass is 9.99. The normalized spacial score (nSPS) is 26.9. The lowest BCUT2D eigenvalue weighted by Gasteiger charge is -2.49. The quantitative estimate of drug-likeness (QED) is 0.210. The first-order valence-corrected chi connectivity index (χ1v) is 10.6. The van der Waals surface area contributed by atoms with Crippen LogP contribution in [0.1, 0.15) is 18.5 Å². The van der Waals surface area contributed by atoms with Crippen molar-refractivity contribution in [2.24, 2.45) is 5.16 Å². The fraction of sp³-hybridized carbons (Fsp3) is 0.438. The van der Waals surface area contributed by atoms with Gasteiger partial charge in [-0.25, -0.2) is 9.78 Å². The number of nitrogen functional groups attached to an aromatic ring is 1. The van der Waals surface area contributed by atoms with E-state index >= 15 is 0 Å². The minimum absolute atomic E-state index is 0.0699. The number of aliphatic carboxylic acids is 1. The summed E-state index contributed by atoms with van der Waals surface area (Å²) in [6.07, 6.45) is 1.25. The molecule has 0 aliphatic carbocycles. The van der Waals surface area contributed by atoms with Gasteiger partial charge in [-0.1, -0.05) is 5.16 Å². The van der Waals surface area contributed by atoms with Crippen molar-refractivity contribution in [2.75, 3.05) is 18.1 Å². The van der Waals surface area contributed by atoms with Gasteiger partial charge in [0, 0.05) is 17.7 Å². The van der Waals surface area contributed by atoms with Gasteiger partial charge in [0.2, 0.25) is 0 Å². The van der Waals surface area contributed by atoms with Gasteiger partial charge < -0.3 is 26.1 Å². The molecule has 0 saturated carbocycles. The molecule has 11 nitrogen and oxygen atoms in total. The van der Waals surface area contributed by atoms with Gasteiger partial charge in [0.05, 0.1) is 6.10 Å². The van der Waals surface area contributed by atoms with Crippen molar-refractivity contribution in [1.29, 1.82) is 0 Å². The number of amides is 2. The number of β-lactam (4-membered cyclic amide) rings is 1. The highest BCUT2D eigenvalue weighted by Crippen LogP contribution is 2.42. The summed E-state index contributed by atoms with van der Waals surface area (Å²) in [5.74, 6) is -2.16. The van der Waals surface area contributed by atoms with Crippen molar-refractivity contribution in [1.82, 2.24) is 15.2 Å². The molecule has 1 aromatic heterocycles. The maximum atomic E-state index is 12.7. The molecule has 0 spiro atoms. The number of carbonyl (C=O) groups excluding carboxylic acids is 2. The number of carbonyl (C=O) groups is 3. The Balaban J connectivity index is 1.52. The van der Waals surface area contributed by atoms with E-state index in [0.717, 1.165) is 17.8 Å². The van der Waals surface area contributed by atoms with Crippen LogP contribution in [0.15, 0.2) is 21.8 Å². The molecule has 29 heavy (non-hydrogen) atoms. The van der Waals surface area contributed by atoms with Gasteiger partial charge in [-0.05, 0) is 18.4 Å². The Morgan fingerprint density at radius 2 is 2.24 bits per heavy atom. The molecule has 2 saturated heterocycles. The van der Waals surface area contributed by atoms with Crippen LogP contribution in [0.3, 0.4) is 0 Å². The van der Waals surface area contributed by atoms with Crippen LogP contribution >= 0.6 is 23.1 Å². The maximum Gasteiger partial charge on any atom is 0.352 e. The zero-order valence-electron chi connectivity index (χ0n) is 14.9. The Morgan fingerprint density at radius 1 is 1.45 bits per heavy atom. The molecule has 1 unspecified atom stereocenters. The predicted molar refractivity (Wildman–Crippen MR) is 104 cm³/mol. The van der Waals surface area contributed by atoms with E-state index < -0.39 is 29.2 Å². The summed E-state index contributed by atoms with van der Waals surface area (Å²) in [5.41, 5.74) is 5.76. The average Bonchev–Trinajstić information content (AvgIpc) is 3.37. The van der Waals surface area contributed by atoms with Crippen LogP contribution in [0.25, 0.3) is 0 Å². The fourth-order valence-electron chi connectivity index (χ4n) is 3.56. The molecule has 2 amide bonds. The van der Waals surface area contributed by atoms with E-state index in [0.29, 0.717) is 24.4 Å². The number of aromatic nitrogens is 1. The predicted octanol–water partition coefficient (Wildman–Crippen LogP) is -0.179. The average molecular weight is 439 g/mol. The summed E-state index contributed by atoms with van der Waals surface area (Å²) < 4.78 is 5.60. The summed E-state index contributed by atoms with van der Waals surface area (Å²) in [4.78, 5) is 42.1. The van der Waals surface area contributed by atoms with Gasteiger partial charge in [-0.3, -0.25) is 14.5 Å². The third kappa shape index (κ3) is 3.34. The number of hydrogen-bond acceptors (Lipinski definition) is 10. The van der Waals surface area contributed by atoms with E-state index in [1.54, 1.807) is 0 Å². The maximum absolute atomic E-state index is 12.7. The Kier molecular flexibility index (Phi) is 5.19. The van der Waals surface area contributed by atoms with E-state index in [4.69, 9.17) is 10.5 Å². The Labute approximate surface area is 172 Å². The Hall–Kier alpha value is -2.64. The fourth-order valence-corrected chi connectivity index (χ4v) is 5.52. The first kappa shape index (κ1) is 19.7. The SMILES string of the molecule is Nc1nc(/C(=N/O)C(=O)N[C@@H]2C(=O)N3C(C(=O)O)=C(C4CCCO4)CS[C@H]23)cs1. The smallest absolute Gasteiger partial charge is 0.352 e. The summed E-state index contributed by atoms with van der Waals surface area (Å²) in [6.45, 7) is 0.562. The van der Waals surface area contributed by atoms with Gasteiger partial charge >= 0.3 is 5.97 Å². The summed E-state index contributed by atoms with van der Waals surface area (Å²) in [6, 6.07) is -0.944. The molecule has 0 radical (unpaired) electrons. The van der Waals surface area contributed by atoms with Crippen molar-refractivity contribution in [2.45, 2.75) is 30.4 Å². The van der Waals surface area contributed by atoms with Gasteiger partial charge in [0.1, 0.15) is 22.8 Å². The number of fused-ring (bicyclic) bond motifs is 1. The van der Waals surface area contributed by atoms with Gasteiger partial charge in [-0.2, -0.15) is 0 Å². The van der Waals surface area contributed by atoms with Crippen LogP contribution in [-0.4, -0.2) is 73.6 Å². The van der Waals surface area contributed by atoms with E-state index in [9.17, 15) is 24.7 Å². The number of thiazole rings is 1. The monoisotopic (exact) mass is 439 g/mol. The number of ether oxygens (including phenoxy) is 1. The Bertz CT molecular complexity index is 938. The molecule has 0 bridgehead atoms. The first-order valence-electron chi connectivity index (χ1n) is 8.69. The number of thioether (sulfide) groups is 1. The van der Waals surface area contributed by atoms with Crippen LogP contribution < -0.4 is 11.1 Å². The van der Waals surface area contributed by atoms with Crippen LogP contribution in [0.4, 0.5) is 5.13 Å². The van der Waals surface area contributed by atoms with E-state index in [1.807, 2.05) is 0 Å². The number of rotatable bonds is 5. The molecule has 13 heteroatoms. The number of hydrogen-bond donors (Lipinski definition) is 4. The second-order valence-corrected chi connectivity index (χ2v) is 8.56. The number of oxime groups is 1. The minimum atomic E-state index is -1.20.